The van der Waals surface area contributed by atoms with Gasteiger partial charge < -0.3 is 5.32 Å². The Balaban J connectivity index is 2.05. The molecule has 1 amide bonds. The molecule has 0 aliphatic carbocycles. The van der Waals surface area contributed by atoms with Gasteiger partial charge in [0, 0.05) is 20.0 Å². The third-order valence-corrected chi connectivity index (χ3v) is 4.36. The van der Waals surface area contributed by atoms with E-state index in [1.54, 1.807) is 23.6 Å². The minimum Gasteiger partial charge on any atom is -0.347 e. The van der Waals surface area contributed by atoms with E-state index >= 15 is 0 Å². The van der Waals surface area contributed by atoms with Crippen LogP contribution in [0, 0.1) is 6.92 Å². The van der Waals surface area contributed by atoms with E-state index in [-0.39, 0.29) is 5.91 Å². The van der Waals surface area contributed by atoms with Crippen molar-refractivity contribution < 1.29 is 4.79 Å². The Labute approximate surface area is 126 Å². The van der Waals surface area contributed by atoms with Crippen LogP contribution in [0.4, 0.5) is 0 Å². The highest BCUT2D eigenvalue weighted by atomic mass is 79.9. The van der Waals surface area contributed by atoms with Crippen LogP contribution >= 0.6 is 43.2 Å². The van der Waals surface area contributed by atoms with Crippen molar-refractivity contribution in [2.45, 2.75) is 13.5 Å². The summed E-state index contributed by atoms with van der Waals surface area (Å²) in [7, 11) is 0. The molecule has 0 spiro atoms. The molecule has 94 valence electrons. The van der Waals surface area contributed by atoms with Gasteiger partial charge in [0.1, 0.15) is 0 Å². The average Bonchev–Trinajstić information content (AvgIpc) is 2.75. The lowest BCUT2D eigenvalue weighted by atomic mass is 10.2. The van der Waals surface area contributed by atoms with Gasteiger partial charge in [-0.1, -0.05) is 15.9 Å². The van der Waals surface area contributed by atoms with Gasteiger partial charge in [-0.15, -0.1) is 11.3 Å². The number of hydrogen-bond donors (Lipinski definition) is 1. The van der Waals surface area contributed by atoms with Crippen molar-refractivity contribution in [3.63, 3.8) is 0 Å². The number of nitrogens with zero attached hydrogens (tertiary/aromatic N) is 1. The lowest BCUT2D eigenvalue weighted by Crippen LogP contribution is -2.22. The maximum atomic E-state index is 12.0. The first kappa shape index (κ1) is 13.7. The Hall–Kier alpha value is -0.720. The molecule has 1 heterocycles. The SMILES string of the molecule is Cc1ncc(CNC(=O)c2cc(Br)ccc2Br)s1. The summed E-state index contributed by atoms with van der Waals surface area (Å²) in [6.07, 6.45) is 1.79. The second kappa shape index (κ2) is 5.95. The fraction of sp³-hybridized carbons (Fsp3) is 0.167. The van der Waals surface area contributed by atoms with Crippen molar-refractivity contribution in [3.05, 3.63) is 48.8 Å². The maximum absolute atomic E-state index is 12.0. The highest BCUT2D eigenvalue weighted by Crippen LogP contribution is 2.21. The van der Waals surface area contributed by atoms with E-state index in [0.29, 0.717) is 12.1 Å². The van der Waals surface area contributed by atoms with Gasteiger partial charge in [-0.3, -0.25) is 4.79 Å². The van der Waals surface area contributed by atoms with Crippen molar-refractivity contribution in [2.24, 2.45) is 0 Å². The van der Waals surface area contributed by atoms with E-state index in [2.05, 4.69) is 42.2 Å². The van der Waals surface area contributed by atoms with Crippen LogP contribution in [0.15, 0.2) is 33.3 Å². The van der Waals surface area contributed by atoms with Crippen molar-refractivity contribution in [1.82, 2.24) is 10.3 Å². The Morgan fingerprint density at radius 2 is 2.22 bits per heavy atom. The summed E-state index contributed by atoms with van der Waals surface area (Å²) < 4.78 is 1.66. The van der Waals surface area contributed by atoms with Gasteiger partial charge >= 0.3 is 0 Å². The zero-order valence-corrected chi connectivity index (χ0v) is 13.5. The molecular weight excluding hydrogens is 380 g/mol. The third-order valence-electron chi connectivity index (χ3n) is 2.27. The predicted octanol–water partition coefficient (Wildman–Crippen LogP) is 3.91. The maximum Gasteiger partial charge on any atom is 0.252 e. The van der Waals surface area contributed by atoms with Crippen molar-refractivity contribution >= 4 is 49.1 Å². The molecule has 2 aromatic rings. The highest BCUT2D eigenvalue weighted by Gasteiger charge is 2.10. The number of nitrogens with one attached hydrogen (secondary N) is 1. The minimum atomic E-state index is -0.103. The zero-order valence-electron chi connectivity index (χ0n) is 9.54. The summed E-state index contributed by atoms with van der Waals surface area (Å²) in [4.78, 5) is 17.2. The van der Waals surface area contributed by atoms with Gasteiger partial charge in [-0.2, -0.15) is 0 Å². The minimum absolute atomic E-state index is 0.103. The summed E-state index contributed by atoms with van der Waals surface area (Å²) in [5.41, 5.74) is 0.616. The van der Waals surface area contributed by atoms with Crippen LogP contribution in [0.3, 0.4) is 0 Å². The second-order valence-electron chi connectivity index (χ2n) is 3.65. The second-order valence-corrected chi connectivity index (χ2v) is 6.74. The molecule has 0 radical (unpaired) electrons. The number of aromatic nitrogens is 1. The predicted molar refractivity (Wildman–Crippen MR) is 79.9 cm³/mol. The van der Waals surface area contributed by atoms with Crippen molar-refractivity contribution in [1.29, 1.82) is 0 Å². The summed E-state index contributed by atoms with van der Waals surface area (Å²) >= 11 is 8.31. The molecule has 0 unspecified atom stereocenters. The van der Waals surface area contributed by atoms with E-state index in [1.165, 1.54) is 0 Å². The molecule has 0 aliphatic heterocycles. The molecule has 6 heteroatoms. The van der Waals surface area contributed by atoms with Gasteiger partial charge in [0.2, 0.25) is 0 Å². The first-order valence-electron chi connectivity index (χ1n) is 5.21. The number of rotatable bonds is 3. The summed E-state index contributed by atoms with van der Waals surface area (Å²) in [6, 6.07) is 5.51. The van der Waals surface area contributed by atoms with Crippen molar-refractivity contribution in [2.75, 3.05) is 0 Å². The number of hydrogen-bond acceptors (Lipinski definition) is 3. The molecule has 1 aromatic heterocycles. The number of carbonyl (C=O) groups excluding carboxylic acids is 1. The number of aryl methyl sites for hydroxylation is 1. The number of amides is 1. The van der Waals surface area contributed by atoms with E-state index in [0.717, 1.165) is 18.8 Å². The zero-order chi connectivity index (χ0) is 13.1. The molecule has 0 saturated carbocycles. The van der Waals surface area contributed by atoms with Gasteiger partial charge in [0.25, 0.3) is 5.91 Å². The molecule has 1 N–H and O–H groups in total. The van der Waals surface area contributed by atoms with E-state index in [9.17, 15) is 4.79 Å². The fourth-order valence-corrected chi connectivity index (χ4v) is 2.94. The summed E-state index contributed by atoms with van der Waals surface area (Å²) in [5, 5.41) is 3.88. The van der Waals surface area contributed by atoms with Gasteiger partial charge in [-0.05, 0) is 41.1 Å². The molecule has 3 nitrogen and oxygen atoms in total. The van der Waals surface area contributed by atoms with Gasteiger partial charge in [0.05, 0.1) is 17.1 Å². The molecule has 18 heavy (non-hydrogen) atoms. The Morgan fingerprint density at radius 3 is 2.89 bits per heavy atom. The monoisotopic (exact) mass is 388 g/mol. The molecule has 0 bridgehead atoms. The first-order chi connectivity index (χ1) is 8.56. The third kappa shape index (κ3) is 3.40. The highest BCUT2D eigenvalue weighted by molar-refractivity contribution is 9.11. The van der Waals surface area contributed by atoms with E-state index in [4.69, 9.17) is 0 Å². The smallest absolute Gasteiger partial charge is 0.252 e. The van der Waals surface area contributed by atoms with Crippen LogP contribution < -0.4 is 5.32 Å². The molecule has 2 rings (SSSR count). The van der Waals surface area contributed by atoms with Gasteiger partial charge in [-0.25, -0.2) is 4.98 Å². The van der Waals surface area contributed by atoms with E-state index in [1.807, 2.05) is 19.1 Å². The van der Waals surface area contributed by atoms with Crippen LogP contribution in [-0.4, -0.2) is 10.9 Å². The first-order valence-corrected chi connectivity index (χ1v) is 7.61. The Kier molecular flexibility index (Phi) is 4.53. The Bertz CT molecular complexity index is 583. The average molecular weight is 390 g/mol. The van der Waals surface area contributed by atoms with Crippen LogP contribution in [0.2, 0.25) is 0 Å². The number of halogens is 2. The summed E-state index contributed by atoms with van der Waals surface area (Å²) in [5.74, 6) is -0.103. The van der Waals surface area contributed by atoms with Crippen LogP contribution in [-0.2, 0) is 6.54 Å². The molecule has 0 fully saturated rings. The van der Waals surface area contributed by atoms with Crippen LogP contribution in [0.1, 0.15) is 20.2 Å². The Morgan fingerprint density at radius 1 is 1.44 bits per heavy atom. The van der Waals surface area contributed by atoms with E-state index < -0.39 is 0 Å². The normalized spacial score (nSPS) is 10.4. The number of carbonyl (C=O) groups is 1. The standard InChI is InChI=1S/C12H10Br2N2OS/c1-7-15-5-9(18-7)6-16-12(17)10-4-8(13)2-3-11(10)14/h2-5H,6H2,1H3,(H,16,17). The lowest BCUT2D eigenvalue weighted by molar-refractivity contribution is 0.0950. The summed E-state index contributed by atoms with van der Waals surface area (Å²) in [6.45, 7) is 2.45. The van der Waals surface area contributed by atoms with Crippen LogP contribution in [0.5, 0.6) is 0 Å². The van der Waals surface area contributed by atoms with Crippen molar-refractivity contribution in [3.8, 4) is 0 Å². The molecule has 0 atom stereocenters. The molecular formula is C12H10Br2N2OS. The molecule has 0 aliphatic rings. The lowest BCUT2D eigenvalue weighted by Gasteiger charge is -2.06. The topological polar surface area (TPSA) is 42.0 Å². The largest absolute Gasteiger partial charge is 0.347 e. The molecule has 1 aromatic carbocycles. The molecule has 0 saturated heterocycles. The fourth-order valence-electron chi connectivity index (χ4n) is 1.42. The number of thiazole rings is 1. The van der Waals surface area contributed by atoms with Crippen LogP contribution in [0.25, 0.3) is 0 Å². The van der Waals surface area contributed by atoms with Gasteiger partial charge in [0.15, 0.2) is 0 Å². The quantitative estimate of drug-likeness (QED) is 0.864. The number of benzene rings is 1.